The molecule has 0 saturated heterocycles. The SMILES string of the molecule is C=C1CC[C@H](O)C/C1=C\C=C1/CCC[C@]2(C)[C@@H](C(C)CCCC(C)C)CC[C@@H]12.O=P(O)(O)O. The highest BCUT2D eigenvalue weighted by Crippen LogP contribution is 2.60. The maximum Gasteiger partial charge on any atom is 0.466 e. The second-order valence-corrected chi connectivity index (χ2v) is 12.4. The molecule has 3 aliphatic carbocycles. The molecule has 0 radical (unpaired) electrons. The highest BCUT2D eigenvalue weighted by molar-refractivity contribution is 7.45. The van der Waals surface area contributed by atoms with E-state index in [0.29, 0.717) is 5.41 Å². The lowest BCUT2D eigenvalue weighted by molar-refractivity contribution is 0.0928. The molecule has 0 aromatic carbocycles. The van der Waals surface area contributed by atoms with Crippen molar-refractivity contribution in [1.29, 1.82) is 0 Å². The van der Waals surface area contributed by atoms with Crippen molar-refractivity contribution in [3.63, 3.8) is 0 Å². The number of aliphatic hydroxyl groups is 1. The van der Waals surface area contributed by atoms with E-state index in [1.807, 2.05) is 0 Å². The molecule has 0 bridgehead atoms. The number of hydrogen-bond donors (Lipinski definition) is 4. The first-order valence-corrected chi connectivity index (χ1v) is 14.4. The number of aliphatic hydroxyl groups excluding tert-OH is 1. The van der Waals surface area contributed by atoms with Crippen LogP contribution in [0, 0.1) is 29.1 Å². The van der Waals surface area contributed by atoms with Gasteiger partial charge in [0.05, 0.1) is 6.10 Å². The second kappa shape index (κ2) is 12.3. The van der Waals surface area contributed by atoms with Crippen molar-refractivity contribution in [2.75, 3.05) is 0 Å². The van der Waals surface area contributed by atoms with Gasteiger partial charge in [-0.05, 0) is 86.0 Å². The summed E-state index contributed by atoms with van der Waals surface area (Å²) in [6, 6.07) is 0. The van der Waals surface area contributed by atoms with Gasteiger partial charge in [0.2, 0.25) is 0 Å². The van der Waals surface area contributed by atoms with Gasteiger partial charge in [0, 0.05) is 0 Å². The van der Waals surface area contributed by atoms with E-state index >= 15 is 0 Å². The van der Waals surface area contributed by atoms with Crippen LogP contribution in [0.25, 0.3) is 0 Å². The summed E-state index contributed by atoms with van der Waals surface area (Å²) in [5, 5.41) is 10.0. The summed E-state index contributed by atoms with van der Waals surface area (Å²) in [6.07, 6.45) is 18.2. The largest absolute Gasteiger partial charge is 0.466 e. The Hall–Kier alpha value is -0.710. The molecule has 0 heterocycles. The Labute approximate surface area is 201 Å². The van der Waals surface area contributed by atoms with Crippen molar-refractivity contribution in [3.8, 4) is 0 Å². The molecule has 6 heteroatoms. The summed E-state index contributed by atoms with van der Waals surface area (Å²) in [4.78, 5) is 21.6. The smallest absolute Gasteiger partial charge is 0.393 e. The fraction of sp³-hybridized carbons (Fsp3) is 0.778. The maximum atomic E-state index is 10.0. The molecule has 3 fully saturated rings. The minimum absolute atomic E-state index is 0.172. The van der Waals surface area contributed by atoms with Crippen LogP contribution < -0.4 is 0 Å². The highest BCUT2D eigenvalue weighted by atomic mass is 31.2. The summed E-state index contributed by atoms with van der Waals surface area (Å²) in [7, 11) is -4.64. The van der Waals surface area contributed by atoms with E-state index in [1.165, 1.54) is 62.5 Å². The van der Waals surface area contributed by atoms with E-state index in [4.69, 9.17) is 19.2 Å². The van der Waals surface area contributed by atoms with Crippen LogP contribution in [0.5, 0.6) is 0 Å². The van der Waals surface area contributed by atoms with Gasteiger partial charge >= 0.3 is 7.82 Å². The monoisotopic (exact) mass is 482 g/mol. The fourth-order valence-corrected chi connectivity index (χ4v) is 6.66. The van der Waals surface area contributed by atoms with Crippen LogP contribution >= 0.6 is 7.82 Å². The molecule has 3 saturated carbocycles. The lowest BCUT2D eigenvalue weighted by Crippen LogP contribution is -2.36. The first-order chi connectivity index (χ1) is 15.3. The Morgan fingerprint density at radius 1 is 1.09 bits per heavy atom. The number of hydrogen-bond acceptors (Lipinski definition) is 2. The van der Waals surface area contributed by atoms with Crippen molar-refractivity contribution in [1.82, 2.24) is 0 Å². The third-order valence-corrected chi connectivity index (χ3v) is 8.35. The summed E-state index contributed by atoms with van der Waals surface area (Å²) in [6.45, 7) is 14.1. The molecular formula is C27H47O5P. The van der Waals surface area contributed by atoms with Crippen LogP contribution in [0.4, 0.5) is 0 Å². The van der Waals surface area contributed by atoms with Crippen molar-refractivity contribution in [2.45, 2.75) is 104 Å². The number of phosphoric acid groups is 1. The second-order valence-electron chi connectivity index (χ2n) is 11.3. The number of allylic oxidation sites excluding steroid dienone is 4. The molecule has 1 unspecified atom stereocenters. The Balaban J connectivity index is 0.000000696. The number of fused-ring (bicyclic) bond motifs is 1. The van der Waals surface area contributed by atoms with E-state index in [1.54, 1.807) is 5.57 Å². The van der Waals surface area contributed by atoms with Gasteiger partial charge in [0.1, 0.15) is 0 Å². The van der Waals surface area contributed by atoms with Crippen molar-refractivity contribution < 1.29 is 24.4 Å². The lowest BCUT2D eigenvalue weighted by Gasteiger charge is -2.44. The molecule has 4 N–H and O–H groups in total. The van der Waals surface area contributed by atoms with Gasteiger partial charge in [0.25, 0.3) is 0 Å². The van der Waals surface area contributed by atoms with Gasteiger partial charge < -0.3 is 19.8 Å². The molecule has 0 aliphatic heterocycles. The standard InChI is InChI=1S/C27H44O.H3O4P/c1-19(2)8-6-9-21(4)25-15-16-26-22(10-7-17-27(25,26)5)12-13-23-18-24(28)14-11-20(23)3;1-5(2,3)4/h12-13,19,21,24-26,28H,3,6-11,14-18H2,1-2,4-5H3;(H3,1,2,3,4)/b22-12+,23-13+;/t21?,24-,25+,26-,27+;/m0./s1. The fourth-order valence-electron chi connectivity index (χ4n) is 6.66. The van der Waals surface area contributed by atoms with Crippen LogP contribution in [0.15, 0.2) is 35.5 Å². The lowest BCUT2D eigenvalue weighted by atomic mass is 9.60. The van der Waals surface area contributed by atoms with Crippen molar-refractivity contribution in [2.24, 2.45) is 29.1 Å². The normalized spacial score (nSPS) is 33.7. The molecule has 5 nitrogen and oxygen atoms in total. The molecule has 0 aromatic heterocycles. The van der Waals surface area contributed by atoms with Gasteiger partial charge in [-0.1, -0.05) is 76.8 Å². The maximum absolute atomic E-state index is 10.0. The average molecular weight is 483 g/mol. The molecule has 0 aromatic rings. The van der Waals surface area contributed by atoms with Gasteiger partial charge in [-0.25, -0.2) is 4.57 Å². The van der Waals surface area contributed by atoms with Gasteiger partial charge in [-0.3, -0.25) is 0 Å². The highest BCUT2D eigenvalue weighted by Gasteiger charge is 2.50. The Bertz CT molecular complexity index is 756. The van der Waals surface area contributed by atoms with Gasteiger partial charge in [-0.15, -0.1) is 0 Å². The van der Waals surface area contributed by atoms with E-state index in [-0.39, 0.29) is 6.10 Å². The zero-order chi connectivity index (χ0) is 24.8. The van der Waals surface area contributed by atoms with E-state index in [9.17, 15) is 5.11 Å². The summed E-state index contributed by atoms with van der Waals surface area (Å²) < 4.78 is 8.88. The zero-order valence-corrected chi connectivity index (χ0v) is 22.1. The van der Waals surface area contributed by atoms with Crippen molar-refractivity contribution in [3.05, 3.63) is 35.5 Å². The predicted molar refractivity (Wildman–Crippen MR) is 135 cm³/mol. The average Bonchev–Trinajstić information content (AvgIpc) is 3.04. The van der Waals surface area contributed by atoms with Gasteiger partial charge in [-0.2, -0.15) is 0 Å². The number of rotatable bonds is 6. The minimum Gasteiger partial charge on any atom is -0.393 e. The Morgan fingerprint density at radius 3 is 2.39 bits per heavy atom. The molecule has 3 rings (SSSR count). The zero-order valence-electron chi connectivity index (χ0n) is 21.2. The molecule has 5 atom stereocenters. The van der Waals surface area contributed by atoms with Crippen LogP contribution in [0.3, 0.4) is 0 Å². The predicted octanol–water partition coefficient (Wildman–Crippen LogP) is 6.69. The topological polar surface area (TPSA) is 98.0 Å². The third-order valence-electron chi connectivity index (χ3n) is 8.35. The van der Waals surface area contributed by atoms with E-state index < -0.39 is 7.82 Å². The molecule has 3 aliphatic rings. The quantitative estimate of drug-likeness (QED) is 0.316. The van der Waals surface area contributed by atoms with Gasteiger partial charge in [0.15, 0.2) is 0 Å². The molecular weight excluding hydrogens is 435 g/mol. The summed E-state index contributed by atoms with van der Waals surface area (Å²) >= 11 is 0. The third kappa shape index (κ3) is 8.78. The summed E-state index contributed by atoms with van der Waals surface area (Å²) in [5.74, 6) is 3.37. The van der Waals surface area contributed by atoms with E-state index in [0.717, 1.165) is 42.9 Å². The Morgan fingerprint density at radius 2 is 1.76 bits per heavy atom. The van der Waals surface area contributed by atoms with Crippen molar-refractivity contribution >= 4 is 7.82 Å². The molecule has 190 valence electrons. The first kappa shape index (κ1) is 28.5. The van der Waals surface area contributed by atoms with Crippen LogP contribution in [0.1, 0.15) is 98.3 Å². The van der Waals surface area contributed by atoms with Crippen LogP contribution in [0.2, 0.25) is 0 Å². The minimum atomic E-state index is -4.64. The van der Waals surface area contributed by atoms with E-state index in [2.05, 4.69) is 46.4 Å². The molecule has 0 spiro atoms. The first-order valence-electron chi connectivity index (χ1n) is 12.9. The summed E-state index contributed by atoms with van der Waals surface area (Å²) in [5.41, 5.74) is 4.72. The Kier molecular flexibility index (Phi) is 10.6. The van der Waals surface area contributed by atoms with Crippen LogP contribution in [-0.4, -0.2) is 25.9 Å². The van der Waals surface area contributed by atoms with Crippen LogP contribution in [-0.2, 0) is 4.57 Å². The molecule has 33 heavy (non-hydrogen) atoms. The molecule has 0 amide bonds.